The molecule has 1 atom stereocenters. The van der Waals surface area contributed by atoms with Crippen LogP contribution in [-0.2, 0) is 0 Å². The monoisotopic (exact) mass is 349 g/mol. The first-order valence-electron chi connectivity index (χ1n) is 7.37. The summed E-state index contributed by atoms with van der Waals surface area (Å²) < 4.78 is 15.8. The zero-order valence-corrected chi connectivity index (χ0v) is 14.8. The molecule has 0 aromatic heterocycles. The third-order valence-electron chi connectivity index (χ3n) is 3.67. The second-order valence-corrected chi connectivity index (χ2v) is 5.53. The summed E-state index contributed by atoms with van der Waals surface area (Å²) in [4.78, 5) is 12.7. The molecule has 6 heteroatoms. The molecule has 0 radical (unpaired) electrons. The number of rotatable bonds is 6. The molecule has 5 nitrogen and oxygen atoms in total. The lowest BCUT2D eigenvalue weighted by Crippen LogP contribution is -2.27. The molecule has 0 heterocycles. The van der Waals surface area contributed by atoms with Crippen LogP contribution in [0.2, 0.25) is 5.02 Å². The van der Waals surface area contributed by atoms with Crippen molar-refractivity contribution in [1.82, 2.24) is 5.32 Å². The lowest BCUT2D eigenvalue weighted by Gasteiger charge is -2.18. The molecule has 0 aliphatic heterocycles. The number of halogens is 1. The van der Waals surface area contributed by atoms with E-state index in [4.69, 9.17) is 25.8 Å². The van der Waals surface area contributed by atoms with Crippen LogP contribution in [0.15, 0.2) is 36.4 Å². The predicted molar refractivity (Wildman–Crippen MR) is 93.4 cm³/mol. The third-order valence-corrected chi connectivity index (χ3v) is 4.01. The highest BCUT2D eigenvalue weighted by Gasteiger charge is 2.20. The van der Waals surface area contributed by atoms with Gasteiger partial charge in [0, 0.05) is 17.2 Å². The fourth-order valence-corrected chi connectivity index (χ4v) is 2.68. The molecule has 0 aliphatic carbocycles. The van der Waals surface area contributed by atoms with Gasteiger partial charge < -0.3 is 19.5 Å². The number of hydrogen-bond acceptors (Lipinski definition) is 4. The Balaban J connectivity index is 2.30. The molecule has 0 saturated carbocycles. The molecule has 2 aromatic rings. The Morgan fingerprint density at radius 2 is 1.58 bits per heavy atom. The van der Waals surface area contributed by atoms with Gasteiger partial charge in [0.05, 0.1) is 32.9 Å². The van der Waals surface area contributed by atoms with E-state index in [1.165, 1.54) is 21.3 Å². The number of hydrogen-bond donors (Lipinski definition) is 1. The molecule has 0 bridgehead atoms. The maximum Gasteiger partial charge on any atom is 0.255 e. The van der Waals surface area contributed by atoms with Gasteiger partial charge >= 0.3 is 0 Å². The smallest absolute Gasteiger partial charge is 0.255 e. The molecular formula is C18H20ClNO4. The zero-order valence-electron chi connectivity index (χ0n) is 14.1. The van der Waals surface area contributed by atoms with E-state index in [9.17, 15) is 4.79 Å². The van der Waals surface area contributed by atoms with Crippen LogP contribution < -0.4 is 19.5 Å². The van der Waals surface area contributed by atoms with Crippen molar-refractivity contribution in [2.45, 2.75) is 13.0 Å². The van der Waals surface area contributed by atoms with Gasteiger partial charge in [-0.1, -0.05) is 29.8 Å². The molecular weight excluding hydrogens is 330 g/mol. The maximum absolute atomic E-state index is 12.7. The first kappa shape index (κ1) is 17.9. The van der Waals surface area contributed by atoms with Crippen LogP contribution >= 0.6 is 11.6 Å². The number of ether oxygens (including phenoxy) is 3. The first-order valence-corrected chi connectivity index (χ1v) is 7.74. The Morgan fingerprint density at radius 1 is 1.00 bits per heavy atom. The molecule has 1 amide bonds. The van der Waals surface area contributed by atoms with E-state index in [-0.39, 0.29) is 11.9 Å². The van der Waals surface area contributed by atoms with Crippen molar-refractivity contribution in [3.63, 3.8) is 0 Å². The molecule has 0 fully saturated rings. The summed E-state index contributed by atoms with van der Waals surface area (Å²) in [6.45, 7) is 1.87. The quantitative estimate of drug-likeness (QED) is 0.860. The number of amides is 1. The second kappa shape index (κ2) is 7.93. The van der Waals surface area contributed by atoms with Crippen LogP contribution in [0, 0.1) is 0 Å². The molecule has 0 unspecified atom stereocenters. The van der Waals surface area contributed by atoms with Crippen molar-refractivity contribution in [3.05, 3.63) is 52.5 Å². The number of carbonyl (C=O) groups excluding carboxylic acids is 1. The minimum Gasteiger partial charge on any atom is -0.496 e. The second-order valence-electron chi connectivity index (χ2n) is 5.12. The average molecular weight is 350 g/mol. The Labute approximate surface area is 146 Å². The van der Waals surface area contributed by atoms with Crippen molar-refractivity contribution >= 4 is 17.5 Å². The third kappa shape index (κ3) is 3.74. The van der Waals surface area contributed by atoms with Gasteiger partial charge in [-0.2, -0.15) is 0 Å². The van der Waals surface area contributed by atoms with Gasteiger partial charge in [-0.25, -0.2) is 0 Å². The lowest BCUT2D eigenvalue weighted by atomic mass is 10.1. The van der Waals surface area contributed by atoms with Crippen LogP contribution in [0.1, 0.15) is 28.9 Å². The lowest BCUT2D eigenvalue weighted by molar-refractivity contribution is 0.0936. The predicted octanol–water partition coefficient (Wildman–Crippen LogP) is 3.86. The van der Waals surface area contributed by atoms with E-state index in [1.807, 2.05) is 25.1 Å². The van der Waals surface area contributed by atoms with Crippen LogP contribution in [-0.4, -0.2) is 27.2 Å². The van der Waals surface area contributed by atoms with E-state index in [0.717, 1.165) is 5.56 Å². The number of nitrogens with one attached hydrogen (secondary N) is 1. The first-order chi connectivity index (χ1) is 11.5. The minimum absolute atomic E-state index is 0.260. The fourth-order valence-electron chi connectivity index (χ4n) is 2.39. The standard InChI is InChI=1S/C18H20ClNO4/c1-11(12-7-5-6-8-14(12)19)20-18(21)13-9-16(23-3)17(24-4)10-15(13)22-2/h5-11H,1-4H3,(H,20,21)/t11-/m0/s1. The minimum atomic E-state index is -0.291. The average Bonchev–Trinajstić information content (AvgIpc) is 2.60. The highest BCUT2D eigenvalue weighted by Crippen LogP contribution is 2.35. The van der Waals surface area contributed by atoms with Crippen molar-refractivity contribution in [2.24, 2.45) is 0 Å². The van der Waals surface area contributed by atoms with Gasteiger partial charge in [-0.3, -0.25) is 4.79 Å². The summed E-state index contributed by atoms with van der Waals surface area (Å²) in [5.41, 5.74) is 1.20. The van der Waals surface area contributed by atoms with Crippen molar-refractivity contribution < 1.29 is 19.0 Å². The van der Waals surface area contributed by atoms with Gasteiger partial charge in [-0.15, -0.1) is 0 Å². The summed E-state index contributed by atoms with van der Waals surface area (Å²) >= 11 is 6.18. The Bertz CT molecular complexity index is 733. The molecule has 1 N–H and O–H groups in total. The van der Waals surface area contributed by atoms with Crippen LogP contribution in [0.25, 0.3) is 0 Å². The molecule has 2 rings (SSSR count). The van der Waals surface area contributed by atoms with E-state index in [0.29, 0.717) is 27.8 Å². The highest BCUT2D eigenvalue weighted by molar-refractivity contribution is 6.31. The molecule has 2 aromatic carbocycles. The van der Waals surface area contributed by atoms with E-state index in [1.54, 1.807) is 18.2 Å². The van der Waals surface area contributed by atoms with E-state index < -0.39 is 0 Å². The van der Waals surface area contributed by atoms with Crippen LogP contribution in [0.4, 0.5) is 0 Å². The summed E-state index contributed by atoms with van der Waals surface area (Å²) in [6, 6.07) is 10.3. The number of carbonyl (C=O) groups is 1. The summed E-state index contributed by atoms with van der Waals surface area (Å²) in [6.07, 6.45) is 0. The van der Waals surface area contributed by atoms with Gasteiger partial charge in [0.15, 0.2) is 11.5 Å². The van der Waals surface area contributed by atoms with Gasteiger partial charge in [0.2, 0.25) is 0 Å². The molecule has 0 spiro atoms. The number of benzene rings is 2. The largest absolute Gasteiger partial charge is 0.496 e. The van der Waals surface area contributed by atoms with E-state index >= 15 is 0 Å². The maximum atomic E-state index is 12.7. The van der Waals surface area contributed by atoms with Crippen LogP contribution in [0.5, 0.6) is 17.2 Å². The van der Waals surface area contributed by atoms with E-state index in [2.05, 4.69) is 5.32 Å². The van der Waals surface area contributed by atoms with Crippen LogP contribution in [0.3, 0.4) is 0 Å². The van der Waals surface area contributed by atoms with Gasteiger partial charge in [0.25, 0.3) is 5.91 Å². The zero-order chi connectivity index (χ0) is 17.7. The highest BCUT2D eigenvalue weighted by atomic mass is 35.5. The Morgan fingerprint density at radius 3 is 2.17 bits per heavy atom. The Kier molecular flexibility index (Phi) is 5.93. The molecule has 0 aliphatic rings. The molecule has 24 heavy (non-hydrogen) atoms. The number of methoxy groups -OCH3 is 3. The molecule has 128 valence electrons. The Hall–Kier alpha value is -2.40. The van der Waals surface area contributed by atoms with Gasteiger partial charge in [0.1, 0.15) is 5.75 Å². The summed E-state index contributed by atoms with van der Waals surface area (Å²) in [5, 5.41) is 3.52. The van der Waals surface area contributed by atoms with Crippen molar-refractivity contribution in [3.8, 4) is 17.2 Å². The fraction of sp³-hybridized carbons (Fsp3) is 0.278. The van der Waals surface area contributed by atoms with Crippen molar-refractivity contribution in [2.75, 3.05) is 21.3 Å². The topological polar surface area (TPSA) is 56.8 Å². The normalized spacial score (nSPS) is 11.5. The van der Waals surface area contributed by atoms with Gasteiger partial charge in [-0.05, 0) is 18.6 Å². The molecule has 0 saturated heterocycles. The summed E-state index contributed by atoms with van der Waals surface area (Å²) in [7, 11) is 4.53. The SMILES string of the molecule is COc1cc(OC)c(C(=O)N[C@@H](C)c2ccccc2Cl)cc1OC. The summed E-state index contributed by atoms with van der Waals surface area (Å²) in [5.74, 6) is 1.05. The van der Waals surface area contributed by atoms with Crippen molar-refractivity contribution in [1.29, 1.82) is 0 Å².